The molecule has 1 aliphatic heterocycles. The molecule has 0 aliphatic carbocycles. The molecular formula is C22H19ClN2O. The lowest BCUT2D eigenvalue weighted by molar-refractivity contribution is -0.121. The summed E-state index contributed by atoms with van der Waals surface area (Å²) >= 11 is 6.10. The topological polar surface area (TPSA) is 23.6 Å². The number of fused-ring (bicyclic) bond motifs is 1. The highest BCUT2D eigenvalue weighted by Crippen LogP contribution is 2.41. The number of anilines is 1. The fraction of sp³-hybridized carbons (Fsp3) is 0.136. The van der Waals surface area contributed by atoms with Crippen LogP contribution < -0.4 is 5.01 Å². The van der Waals surface area contributed by atoms with Crippen molar-refractivity contribution < 1.29 is 4.79 Å². The van der Waals surface area contributed by atoms with Crippen LogP contribution in [0.1, 0.15) is 22.6 Å². The van der Waals surface area contributed by atoms with Gasteiger partial charge >= 0.3 is 0 Å². The number of hydrazine groups is 1. The van der Waals surface area contributed by atoms with Crippen molar-refractivity contribution in [2.24, 2.45) is 0 Å². The summed E-state index contributed by atoms with van der Waals surface area (Å²) in [5, 5.41) is 4.44. The van der Waals surface area contributed by atoms with Gasteiger partial charge in [-0.05, 0) is 34.9 Å². The molecule has 0 radical (unpaired) electrons. The molecule has 130 valence electrons. The number of halogens is 1. The van der Waals surface area contributed by atoms with E-state index in [2.05, 4.69) is 0 Å². The van der Waals surface area contributed by atoms with Gasteiger partial charge in [0.05, 0.1) is 11.6 Å². The summed E-state index contributed by atoms with van der Waals surface area (Å²) in [7, 11) is 1.93. The second-order valence-corrected chi connectivity index (χ2v) is 6.93. The van der Waals surface area contributed by atoms with Gasteiger partial charge in [-0.2, -0.15) is 0 Å². The van der Waals surface area contributed by atoms with Crippen LogP contribution in [-0.4, -0.2) is 18.0 Å². The molecule has 0 fully saturated rings. The molecule has 0 spiro atoms. The van der Waals surface area contributed by atoms with Crippen LogP contribution in [0.4, 0.5) is 5.69 Å². The Kier molecular flexibility index (Phi) is 4.49. The summed E-state index contributed by atoms with van der Waals surface area (Å²) in [6, 6.07) is 25.7. The van der Waals surface area contributed by atoms with Crippen molar-refractivity contribution in [1.29, 1.82) is 0 Å². The first kappa shape index (κ1) is 16.8. The van der Waals surface area contributed by atoms with Crippen LogP contribution in [0.2, 0.25) is 5.02 Å². The highest BCUT2D eigenvalue weighted by Gasteiger charge is 2.39. The van der Waals surface area contributed by atoms with Crippen LogP contribution in [0.25, 0.3) is 0 Å². The van der Waals surface area contributed by atoms with Gasteiger partial charge in [-0.15, -0.1) is 0 Å². The molecule has 4 heteroatoms. The van der Waals surface area contributed by atoms with E-state index < -0.39 is 0 Å². The Bertz CT molecular complexity index is 942. The van der Waals surface area contributed by atoms with Crippen LogP contribution in [0.3, 0.4) is 0 Å². The number of hydrogen-bond donors (Lipinski definition) is 0. The maximum atomic E-state index is 13.3. The molecule has 3 aromatic rings. The third-order valence-electron chi connectivity index (χ3n) is 4.71. The summed E-state index contributed by atoms with van der Waals surface area (Å²) in [6.07, 6.45) is 0. The second kappa shape index (κ2) is 6.94. The molecule has 1 aliphatic rings. The van der Waals surface area contributed by atoms with Crippen molar-refractivity contribution >= 4 is 23.2 Å². The number of rotatable bonds is 4. The van der Waals surface area contributed by atoms with Gasteiger partial charge in [0.25, 0.3) is 5.91 Å². The van der Waals surface area contributed by atoms with Crippen LogP contribution >= 0.6 is 11.6 Å². The molecule has 0 saturated carbocycles. The standard InChI is InChI=1S/C22H19ClN2O/c1-24(15-16-8-7-11-18(23)14-16)25-20-13-6-5-12-19(20)21(22(25)26)17-9-3-2-4-10-17/h2-14,21H,15H2,1H3/t21-/m1/s1. The second-order valence-electron chi connectivity index (χ2n) is 6.50. The number of carbonyl (C=O) groups is 1. The number of nitrogens with zero attached hydrogens (tertiary/aromatic N) is 2. The van der Waals surface area contributed by atoms with Gasteiger partial charge in [-0.3, -0.25) is 4.79 Å². The molecule has 1 atom stereocenters. The van der Waals surface area contributed by atoms with E-state index in [0.29, 0.717) is 11.6 Å². The Morgan fingerprint density at radius 1 is 0.962 bits per heavy atom. The fourth-order valence-corrected chi connectivity index (χ4v) is 3.80. The van der Waals surface area contributed by atoms with Crippen molar-refractivity contribution in [1.82, 2.24) is 5.01 Å². The van der Waals surface area contributed by atoms with E-state index in [1.165, 1.54) is 0 Å². The van der Waals surface area contributed by atoms with E-state index in [9.17, 15) is 4.79 Å². The summed E-state index contributed by atoms with van der Waals surface area (Å²) < 4.78 is 0. The first-order chi connectivity index (χ1) is 12.6. The number of para-hydroxylation sites is 1. The minimum absolute atomic E-state index is 0.0712. The van der Waals surface area contributed by atoms with E-state index in [-0.39, 0.29) is 11.8 Å². The predicted molar refractivity (Wildman–Crippen MR) is 105 cm³/mol. The maximum absolute atomic E-state index is 13.3. The molecule has 0 N–H and O–H groups in total. The number of hydrogen-bond acceptors (Lipinski definition) is 2. The van der Waals surface area contributed by atoms with Gasteiger partial charge < -0.3 is 0 Å². The predicted octanol–water partition coefficient (Wildman–Crippen LogP) is 4.87. The average Bonchev–Trinajstić information content (AvgIpc) is 2.94. The molecule has 0 bridgehead atoms. The molecule has 3 aromatic carbocycles. The van der Waals surface area contributed by atoms with Crippen molar-refractivity contribution in [3.8, 4) is 0 Å². The monoisotopic (exact) mass is 362 g/mol. The zero-order valence-corrected chi connectivity index (χ0v) is 15.2. The third-order valence-corrected chi connectivity index (χ3v) is 4.94. The van der Waals surface area contributed by atoms with Gasteiger partial charge in [-0.25, -0.2) is 10.0 Å². The van der Waals surface area contributed by atoms with Crippen LogP contribution in [0, 0.1) is 0 Å². The Labute approximate surface area is 158 Å². The van der Waals surface area contributed by atoms with Crippen molar-refractivity contribution in [3.05, 3.63) is 101 Å². The minimum Gasteiger partial charge on any atom is -0.272 e. The van der Waals surface area contributed by atoms with Crippen LogP contribution in [0.15, 0.2) is 78.9 Å². The molecule has 0 aromatic heterocycles. The highest BCUT2D eigenvalue weighted by molar-refractivity contribution is 6.30. The lowest BCUT2D eigenvalue weighted by atomic mass is 9.93. The van der Waals surface area contributed by atoms with Gasteiger partial charge in [0.1, 0.15) is 0 Å². The van der Waals surface area contributed by atoms with E-state index >= 15 is 0 Å². The number of benzene rings is 3. The zero-order chi connectivity index (χ0) is 18.1. The highest BCUT2D eigenvalue weighted by atomic mass is 35.5. The Hall–Kier alpha value is -2.62. The average molecular weight is 363 g/mol. The lowest BCUT2D eigenvalue weighted by Gasteiger charge is -2.29. The van der Waals surface area contributed by atoms with E-state index in [1.807, 2.05) is 90.9 Å². The summed E-state index contributed by atoms with van der Waals surface area (Å²) in [6.45, 7) is 0.599. The Balaban J connectivity index is 1.69. The van der Waals surface area contributed by atoms with Crippen molar-refractivity contribution in [2.75, 3.05) is 12.1 Å². The summed E-state index contributed by atoms with van der Waals surface area (Å²) in [5.41, 5.74) is 4.06. The maximum Gasteiger partial charge on any atom is 0.253 e. The molecule has 1 amide bonds. The third kappa shape index (κ3) is 3.00. The zero-order valence-electron chi connectivity index (χ0n) is 14.5. The number of amides is 1. The smallest absolute Gasteiger partial charge is 0.253 e. The molecule has 3 nitrogen and oxygen atoms in total. The Morgan fingerprint density at radius 3 is 2.46 bits per heavy atom. The number of carbonyl (C=O) groups excluding carboxylic acids is 1. The van der Waals surface area contributed by atoms with E-state index in [1.54, 1.807) is 5.01 Å². The molecule has 4 rings (SSSR count). The first-order valence-corrected chi connectivity index (χ1v) is 8.96. The largest absolute Gasteiger partial charge is 0.272 e. The molecule has 0 unspecified atom stereocenters. The summed E-state index contributed by atoms with van der Waals surface area (Å²) in [4.78, 5) is 13.3. The normalized spacial score (nSPS) is 16.2. The molecule has 1 heterocycles. The van der Waals surface area contributed by atoms with E-state index in [0.717, 1.165) is 22.4 Å². The molecule has 26 heavy (non-hydrogen) atoms. The lowest BCUT2D eigenvalue weighted by Crippen LogP contribution is -2.42. The SMILES string of the molecule is CN(Cc1cccc(Cl)c1)N1C(=O)[C@H](c2ccccc2)c2ccccc21. The van der Waals surface area contributed by atoms with Crippen LogP contribution in [-0.2, 0) is 11.3 Å². The van der Waals surface area contributed by atoms with Gasteiger partial charge in [-0.1, -0.05) is 72.3 Å². The van der Waals surface area contributed by atoms with Crippen LogP contribution in [0.5, 0.6) is 0 Å². The van der Waals surface area contributed by atoms with E-state index in [4.69, 9.17) is 11.6 Å². The Morgan fingerprint density at radius 2 is 1.69 bits per heavy atom. The van der Waals surface area contributed by atoms with Crippen molar-refractivity contribution in [2.45, 2.75) is 12.5 Å². The van der Waals surface area contributed by atoms with Crippen molar-refractivity contribution in [3.63, 3.8) is 0 Å². The van der Waals surface area contributed by atoms with Gasteiger partial charge in [0.2, 0.25) is 0 Å². The minimum atomic E-state index is -0.269. The molecule has 0 saturated heterocycles. The summed E-state index contributed by atoms with van der Waals surface area (Å²) in [5.74, 6) is -0.198. The van der Waals surface area contributed by atoms with Gasteiger partial charge in [0, 0.05) is 18.6 Å². The first-order valence-electron chi connectivity index (χ1n) is 8.58. The molecular weight excluding hydrogens is 344 g/mol. The van der Waals surface area contributed by atoms with Gasteiger partial charge in [0.15, 0.2) is 0 Å². The fourth-order valence-electron chi connectivity index (χ4n) is 3.59. The quantitative estimate of drug-likeness (QED) is 0.661.